The van der Waals surface area contributed by atoms with Crippen LogP contribution in [-0.2, 0) is 6.54 Å². The fourth-order valence-corrected chi connectivity index (χ4v) is 3.10. The lowest BCUT2D eigenvalue weighted by Crippen LogP contribution is -2.36. The van der Waals surface area contributed by atoms with Gasteiger partial charge in [-0.2, -0.15) is 0 Å². The zero-order chi connectivity index (χ0) is 12.3. The molecule has 0 radical (unpaired) electrons. The van der Waals surface area contributed by atoms with E-state index < -0.39 is 0 Å². The van der Waals surface area contributed by atoms with Crippen molar-refractivity contribution in [2.45, 2.75) is 52.1 Å². The summed E-state index contributed by atoms with van der Waals surface area (Å²) >= 11 is 3.46. The van der Waals surface area contributed by atoms with Crippen LogP contribution in [-0.4, -0.2) is 11.0 Å². The Morgan fingerprint density at radius 1 is 1.47 bits per heavy atom. The molecule has 1 atom stereocenters. The third-order valence-corrected chi connectivity index (χ3v) is 4.00. The molecule has 1 fully saturated rings. The third kappa shape index (κ3) is 4.07. The second kappa shape index (κ2) is 5.49. The minimum Gasteiger partial charge on any atom is -0.310 e. The molecule has 0 bridgehead atoms. The molecule has 2 nitrogen and oxygen atoms in total. The van der Waals surface area contributed by atoms with Gasteiger partial charge in [-0.05, 0) is 52.2 Å². The van der Waals surface area contributed by atoms with Crippen LogP contribution in [0.25, 0.3) is 0 Å². The van der Waals surface area contributed by atoms with Gasteiger partial charge in [0, 0.05) is 29.5 Å². The average Bonchev–Trinajstić information content (AvgIpc) is 2.25. The first-order valence-electron chi connectivity index (χ1n) is 6.38. The summed E-state index contributed by atoms with van der Waals surface area (Å²) in [5.41, 5.74) is 1.76. The van der Waals surface area contributed by atoms with Crippen molar-refractivity contribution in [3.8, 4) is 0 Å². The maximum absolute atomic E-state index is 4.19. The molecule has 1 aromatic rings. The fourth-order valence-electron chi connectivity index (χ4n) is 2.69. The first-order valence-corrected chi connectivity index (χ1v) is 7.17. The van der Waals surface area contributed by atoms with E-state index in [0.29, 0.717) is 11.5 Å². The molecule has 1 heterocycles. The third-order valence-electron chi connectivity index (χ3n) is 3.56. The zero-order valence-electron chi connectivity index (χ0n) is 10.7. The monoisotopic (exact) mass is 296 g/mol. The summed E-state index contributed by atoms with van der Waals surface area (Å²) in [5, 5.41) is 3.66. The number of nitrogens with zero attached hydrogens (tertiary/aromatic N) is 1. The molecule has 0 aromatic carbocycles. The van der Waals surface area contributed by atoms with E-state index in [1.54, 1.807) is 0 Å². The smallest absolute Gasteiger partial charge is 0.0410 e. The number of rotatable bonds is 3. The van der Waals surface area contributed by atoms with E-state index in [-0.39, 0.29) is 0 Å². The van der Waals surface area contributed by atoms with E-state index in [4.69, 9.17) is 0 Å². The van der Waals surface area contributed by atoms with Crippen molar-refractivity contribution in [3.05, 3.63) is 28.5 Å². The van der Waals surface area contributed by atoms with Gasteiger partial charge >= 0.3 is 0 Å². The Morgan fingerprint density at radius 2 is 2.29 bits per heavy atom. The van der Waals surface area contributed by atoms with Crippen LogP contribution >= 0.6 is 15.9 Å². The molecule has 1 saturated carbocycles. The fraction of sp³-hybridized carbons (Fsp3) is 0.643. The van der Waals surface area contributed by atoms with Crippen molar-refractivity contribution in [3.63, 3.8) is 0 Å². The Morgan fingerprint density at radius 3 is 3.00 bits per heavy atom. The van der Waals surface area contributed by atoms with Crippen molar-refractivity contribution >= 4 is 15.9 Å². The average molecular weight is 297 g/mol. The van der Waals surface area contributed by atoms with E-state index in [0.717, 1.165) is 11.0 Å². The predicted octanol–water partition coefficient (Wildman–Crippen LogP) is 3.90. The number of aromatic nitrogens is 1. The highest BCUT2D eigenvalue weighted by molar-refractivity contribution is 9.10. The van der Waals surface area contributed by atoms with Crippen molar-refractivity contribution in [1.29, 1.82) is 0 Å². The SMILES string of the molecule is CC1(C)CCCC(NCc2cncc(Br)c2)C1. The Bertz CT molecular complexity index is 376. The van der Waals surface area contributed by atoms with E-state index in [9.17, 15) is 0 Å². The molecule has 0 amide bonds. The maximum atomic E-state index is 4.19. The van der Waals surface area contributed by atoms with Crippen molar-refractivity contribution in [1.82, 2.24) is 10.3 Å². The lowest BCUT2D eigenvalue weighted by atomic mass is 9.75. The zero-order valence-corrected chi connectivity index (χ0v) is 12.3. The number of hydrogen-bond acceptors (Lipinski definition) is 2. The van der Waals surface area contributed by atoms with Crippen LogP contribution in [0.1, 0.15) is 45.1 Å². The van der Waals surface area contributed by atoms with Crippen LogP contribution in [0, 0.1) is 5.41 Å². The van der Waals surface area contributed by atoms with Gasteiger partial charge in [0.05, 0.1) is 0 Å². The summed E-state index contributed by atoms with van der Waals surface area (Å²) in [6, 6.07) is 2.80. The van der Waals surface area contributed by atoms with E-state index >= 15 is 0 Å². The van der Waals surface area contributed by atoms with Crippen LogP contribution in [0.3, 0.4) is 0 Å². The molecule has 94 valence electrons. The molecule has 2 rings (SSSR count). The van der Waals surface area contributed by atoms with Gasteiger partial charge < -0.3 is 5.32 Å². The molecule has 1 unspecified atom stereocenters. The molecular formula is C14H21BrN2. The van der Waals surface area contributed by atoms with Gasteiger partial charge in [-0.1, -0.05) is 20.3 Å². The summed E-state index contributed by atoms with van der Waals surface area (Å²) in [6.45, 7) is 5.68. The topological polar surface area (TPSA) is 24.9 Å². The minimum absolute atomic E-state index is 0.505. The number of halogens is 1. The summed E-state index contributed by atoms with van der Waals surface area (Å²) in [5.74, 6) is 0. The molecule has 3 heteroatoms. The molecule has 0 spiro atoms. The summed E-state index contributed by atoms with van der Waals surface area (Å²) in [7, 11) is 0. The summed E-state index contributed by atoms with van der Waals surface area (Å²) < 4.78 is 1.06. The molecular weight excluding hydrogens is 276 g/mol. The van der Waals surface area contributed by atoms with Gasteiger partial charge in [-0.15, -0.1) is 0 Å². The highest BCUT2D eigenvalue weighted by Crippen LogP contribution is 2.35. The second-order valence-electron chi connectivity index (χ2n) is 5.85. The van der Waals surface area contributed by atoms with E-state index in [1.807, 2.05) is 12.4 Å². The van der Waals surface area contributed by atoms with Crippen LogP contribution in [0.2, 0.25) is 0 Å². The van der Waals surface area contributed by atoms with Gasteiger partial charge in [0.15, 0.2) is 0 Å². The minimum atomic E-state index is 0.505. The Kier molecular flexibility index (Phi) is 4.21. The first kappa shape index (κ1) is 13.0. The largest absolute Gasteiger partial charge is 0.310 e. The molecule has 1 aliphatic carbocycles. The van der Waals surface area contributed by atoms with Crippen LogP contribution < -0.4 is 5.32 Å². The lowest BCUT2D eigenvalue weighted by molar-refractivity contribution is 0.198. The van der Waals surface area contributed by atoms with Crippen LogP contribution in [0.15, 0.2) is 22.9 Å². The highest BCUT2D eigenvalue weighted by atomic mass is 79.9. The number of hydrogen-bond donors (Lipinski definition) is 1. The number of nitrogens with one attached hydrogen (secondary N) is 1. The summed E-state index contributed by atoms with van der Waals surface area (Å²) in [6.07, 6.45) is 9.07. The standard InChI is InChI=1S/C14H21BrN2/c1-14(2)5-3-4-13(7-14)17-9-11-6-12(15)10-16-8-11/h6,8,10,13,17H,3-5,7,9H2,1-2H3. The molecule has 0 aliphatic heterocycles. The molecule has 1 N–H and O–H groups in total. The highest BCUT2D eigenvalue weighted by Gasteiger charge is 2.27. The number of pyridine rings is 1. The second-order valence-corrected chi connectivity index (χ2v) is 6.77. The Labute approximate surface area is 112 Å². The van der Waals surface area contributed by atoms with Crippen LogP contribution in [0.5, 0.6) is 0 Å². The Hall–Kier alpha value is -0.410. The van der Waals surface area contributed by atoms with Gasteiger partial charge in [-0.3, -0.25) is 4.98 Å². The molecule has 0 saturated heterocycles. The van der Waals surface area contributed by atoms with Crippen molar-refractivity contribution < 1.29 is 0 Å². The summed E-state index contributed by atoms with van der Waals surface area (Å²) in [4.78, 5) is 4.19. The quantitative estimate of drug-likeness (QED) is 0.915. The molecule has 1 aromatic heterocycles. The van der Waals surface area contributed by atoms with E-state index in [1.165, 1.54) is 31.2 Å². The van der Waals surface area contributed by atoms with Crippen molar-refractivity contribution in [2.24, 2.45) is 5.41 Å². The van der Waals surface area contributed by atoms with Gasteiger partial charge in [0.2, 0.25) is 0 Å². The van der Waals surface area contributed by atoms with Gasteiger partial charge in [0.25, 0.3) is 0 Å². The van der Waals surface area contributed by atoms with E-state index in [2.05, 4.69) is 46.1 Å². The van der Waals surface area contributed by atoms with Gasteiger partial charge in [-0.25, -0.2) is 0 Å². The first-order chi connectivity index (χ1) is 8.05. The van der Waals surface area contributed by atoms with Crippen LogP contribution in [0.4, 0.5) is 0 Å². The Balaban J connectivity index is 1.86. The molecule has 1 aliphatic rings. The normalized spacial score (nSPS) is 23.6. The predicted molar refractivity (Wildman–Crippen MR) is 74.8 cm³/mol. The van der Waals surface area contributed by atoms with Crippen molar-refractivity contribution in [2.75, 3.05) is 0 Å². The van der Waals surface area contributed by atoms with Gasteiger partial charge in [0.1, 0.15) is 0 Å². The maximum Gasteiger partial charge on any atom is 0.0410 e. The lowest BCUT2D eigenvalue weighted by Gasteiger charge is -2.35. The molecule has 17 heavy (non-hydrogen) atoms.